The summed E-state index contributed by atoms with van der Waals surface area (Å²) in [6.07, 6.45) is 4.61. The van der Waals surface area contributed by atoms with E-state index in [0.29, 0.717) is 6.42 Å². The first-order valence-corrected chi connectivity index (χ1v) is 7.97. The van der Waals surface area contributed by atoms with E-state index in [9.17, 15) is 19.5 Å². The molecule has 6 heteroatoms. The van der Waals surface area contributed by atoms with Gasteiger partial charge in [-0.25, -0.2) is 0 Å². The van der Waals surface area contributed by atoms with Crippen LogP contribution in [0.3, 0.4) is 0 Å². The van der Waals surface area contributed by atoms with Gasteiger partial charge in [-0.05, 0) is 30.7 Å². The summed E-state index contributed by atoms with van der Waals surface area (Å²) < 4.78 is 0. The molecule has 2 aliphatic carbocycles. The highest BCUT2D eigenvalue weighted by atomic mass is 16.4. The Bertz CT molecular complexity index is 700. The lowest BCUT2D eigenvalue weighted by Gasteiger charge is -2.33. The van der Waals surface area contributed by atoms with E-state index in [0.717, 1.165) is 5.56 Å². The summed E-state index contributed by atoms with van der Waals surface area (Å²) in [5, 5.41) is 9.58. The van der Waals surface area contributed by atoms with E-state index in [4.69, 9.17) is 0 Å². The van der Waals surface area contributed by atoms with Gasteiger partial charge in [0.25, 0.3) is 0 Å². The molecular formula is C18H20N2O4. The van der Waals surface area contributed by atoms with Crippen LogP contribution in [0.15, 0.2) is 42.5 Å². The Morgan fingerprint density at radius 3 is 2.54 bits per heavy atom. The Labute approximate surface area is 139 Å². The molecule has 0 aromatic heterocycles. The van der Waals surface area contributed by atoms with Crippen LogP contribution in [-0.2, 0) is 20.8 Å². The van der Waals surface area contributed by atoms with Crippen LogP contribution in [0, 0.1) is 23.2 Å². The largest absolute Gasteiger partial charge is 0.481 e. The highest BCUT2D eigenvalue weighted by Gasteiger charge is 2.60. The number of rotatable bonds is 4. The standard InChI is InChI=1S/C18H20N2O4/c1-18(17(23)24)13-8-7-12(10-13)15(18)16(22)20-19-14(21)9-11-5-3-2-4-6-11/h2-8,12-13,15H,9-10H2,1H3,(H,19,21)(H,20,22)(H,23,24)/t12-,13-,15-,18-/m0/s1. The number of carboxylic acids is 1. The minimum absolute atomic E-state index is 0.0953. The Morgan fingerprint density at radius 2 is 1.88 bits per heavy atom. The van der Waals surface area contributed by atoms with Crippen LogP contribution in [0.2, 0.25) is 0 Å². The fourth-order valence-electron chi connectivity index (χ4n) is 3.89. The Hall–Kier alpha value is -2.63. The average Bonchev–Trinajstić information content (AvgIpc) is 3.13. The number of nitrogens with one attached hydrogen (secondary N) is 2. The Kier molecular flexibility index (Phi) is 4.13. The number of benzene rings is 1. The van der Waals surface area contributed by atoms with E-state index < -0.39 is 23.2 Å². The number of hydrogen-bond acceptors (Lipinski definition) is 3. The molecule has 0 radical (unpaired) electrons. The van der Waals surface area contributed by atoms with Gasteiger partial charge in [-0.1, -0.05) is 42.5 Å². The van der Waals surface area contributed by atoms with Crippen molar-refractivity contribution >= 4 is 17.8 Å². The van der Waals surface area contributed by atoms with E-state index in [1.165, 1.54) is 0 Å². The molecular weight excluding hydrogens is 308 g/mol. The van der Waals surface area contributed by atoms with Gasteiger partial charge < -0.3 is 5.11 Å². The lowest BCUT2D eigenvalue weighted by Crippen LogP contribution is -2.52. The fraction of sp³-hybridized carbons (Fsp3) is 0.389. The Morgan fingerprint density at radius 1 is 1.17 bits per heavy atom. The van der Waals surface area contributed by atoms with E-state index in [2.05, 4.69) is 10.9 Å². The maximum atomic E-state index is 12.5. The molecule has 2 bridgehead atoms. The highest BCUT2D eigenvalue weighted by Crippen LogP contribution is 2.56. The molecule has 6 nitrogen and oxygen atoms in total. The molecule has 2 amide bonds. The van der Waals surface area contributed by atoms with Crippen LogP contribution in [0.5, 0.6) is 0 Å². The molecule has 0 unspecified atom stereocenters. The first kappa shape index (κ1) is 16.2. The van der Waals surface area contributed by atoms with Crippen LogP contribution in [0.25, 0.3) is 0 Å². The molecule has 1 saturated carbocycles. The van der Waals surface area contributed by atoms with Gasteiger partial charge in [0.2, 0.25) is 11.8 Å². The van der Waals surface area contributed by atoms with Crippen molar-refractivity contribution in [3.8, 4) is 0 Å². The number of carbonyl (C=O) groups is 3. The van der Waals surface area contributed by atoms with Crippen LogP contribution >= 0.6 is 0 Å². The molecule has 3 rings (SSSR count). The molecule has 24 heavy (non-hydrogen) atoms. The van der Waals surface area contributed by atoms with Crippen LogP contribution in [-0.4, -0.2) is 22.9 Å². The molecule has 0 spiro atoms. The molecule has 2 aliphatic rings. The number of aliphatic carboxylic acids is 1. The van der Waals surface area contributed by atoms with Crippen molar-refractivity contribution in [2.24, 2.45) is 23.2 Å². The predicted octanol–water partition coefficient (Wildman–Crippen LogP) is 1.29. The number of amides is 2. The molecule has 1 aromatic carbocycles. The van der Waals surface area contributed by atoms with Crippen molar-refractivity contribution in [3.63, 3.8) is 0 Å². The summed E-state index contributed by atoms with van der Waals surface area (Å²) in [6.45, 7) is 1.61. The van der Waals surface area contributed by atoms with Gasteiger partial charge in [0.1, 0.15) is 0 Å². The van der Waals surface area contributed by atoms with Crippen molar-refractivity contribution in [3.05, 3.63) is 48.0 Å². The second kappa shape index (κ2) is 6.11. The van der Waals surface area contributed by atoms with Crippen molar-refractivity contribution in [1.82, 2.24) is 10.9 Å². The number of carboxylic acid groups (broad SMARTS) is 1. The van der Waals surface area contributed by atoms with Gasteiger partial charge in [0, 0.05) is 0 Å². The van der Waals surface area contributed by atoms with E-state index in [1.54, 1.807) is 6.92 Å². The third-order valence-corrected chi connectivity index (χ3v) is 5.24. The third kappa shape index (κ3) is 2.68. The molecule has 0 heterocycles. The van der Waals surface area contributed by atoms with Gasteiger partial charge in [0.15, 0.2) is 0 Å². The maximum Gasteiger partial charge on any atom is 0.310 e. The summed E-state index contributed by atoms with van der Waals surface area (Å²) >= 11 is 0. The zero-order chi connectivity index (χ0) is 17.3. The van der Waals surface area contributed by atoms with Crippen LogP contribution in [0.4, 0.5) is 0 Å². The van der Waals surface area contributed by atoms with E-state index in [-0.39, 0.29) is 24.2 Å². The summed E-state index contributed by atoms with van der Waals surface area (Å²) in [5.74, 6) is -2.68. The highest BCUT2D eigenvalue weighted by molar-refractivity contribution is 5.90. The quantitative estimate of drug-likeness (QED) is 0.573. The lowest BCUT2D eigenvalue weighted by molar-refractivity contribution is -0.156. The van der Waals surface area contributed by atoms with Gasteiger partial charge in [-0.15, -0.1) is 0 Å². The second-order valence-electron chi connectivity index (χ2n) is 6.66. The normalized spacial score (nSPS) is 30.1. The molecule has 0 aliphatic heterocycles. The molecule has 1 fully saturated rings. The van der Waals surface area contributed by atoms with Gasteiger partial charge in [-0.2, -0.15) is 0 Å². The predicted molar refractivity (Wildman–Crippen MR) is 86.4 cm³/mol. The average molecular weight is 328 g/mol. The topological polar surface area (TPSA) is 95.5 Å². The van der Waals surface area contributed by atoms with E-state index >= 15 is 0 Å². The fourth-order valence-corrected chi connectivity index (χ4v) is 3.89. The Balaban J connectivity index is 1.62. The molecule has 126 valence electrons. The van der Waals surface area contributed by atoms with Crippen molar-refractivity contribution in [2.45, 2.75) is 19.8 Å². The van der Waals surface area contributed by atoms with Crippen molar-refractivity contribution in [2.75, 3.05) is 0 Å². The number of hydrazine groups is 1. The van der Waals surface area contributed by atoms with E-state index in [1.807, 2.05) is 42.5 Å². The minimum Gasteiger partial charge on any atom is -0.481 e. The summed E-state index contributed by atoms with van der Waals surface area (Å²) in [6, 6.07) is 9.17. The summed E-state index contributed by atoms with van der Waals surface area (Å²) in [4.78, 5) is 36.1. The van der Waals surface area contributed by atoms with Crippen molar-refractivity contribution in [1.29, 1.82) is 0 Å². The minimum atomic E-state index is -1.13. The smallest absolute Gasteiger partial charge is 0.310 e. The maximum absolute atomic E-state index is 12.5. The number of allylic oxidation sites excluding steroid dienone is 2. The number of fused-ring (bicyclic) bond motifs is 2. The lowest BCUT2D eigenvalue weighted by atomic mass is 9.69. The van der Waals surface area contributed by atoms with Crippen molar-refractivity contribution < 1.29 is 19.5 Å². The monoisotopic (exact) mass is 328 g/mol. The van der Waals surface area contributed by atoms with Gasteiger partial charge in [0.05, 0.1) is 17.8 Å². The number of carbonyl (C=O) groups excluding carboxylic acids is 2. The third-order valence-electron chi connectivity index (χ3n) is 5.24. The summed E-state index contributed by atoms with van der Waals surface area (Å²) in [5.41, 5.74) is 4.50. The summed E-state index contributed by atoms with van der Waals surface area (Å²) in [7, 11) is 0. The number of hydrogen-bond donors (Lipinski definition) is 3. The molecule has 4 atom stereocenters. The van der Waals surface area contributed by atoms with Crippen LogP contribution in [0.1, 0.15) is 18.9 Å². The van der Waals surface area contributed by atoms with Gasteiger partial charge in [-0.3, -0.25) is 25.2 Å². The molecule has 0 saturated heterocycles. The SMILES string of the molecule is C[C@@]1(C(=O)O)[C@H](C(=O)NNC(=O)Cc2ccccc2)[C@H]2C=C[C@H]1C2. The zero-order valence-corrected chi connectivity index (χ0v) is 13.4. The van der Waals surface area contributed by atoms with Crippen LogP contribution < -0.4 is 10.9 Å². The first-order chi connectivity index (χ1) is 11.4. The molecule has 3 N–H and O–H groups in total. The first-order valence-electron chi connectivity index (χ1n) is 7.97. The molecule has 1 aromatic rings. The second-order valence-corrected chi connectivity index (χ2v) is 6.66. The van der Waals surface area contributed by atoms with Gasteiger partial charge >= 0.3 is 5.97 Å². The zero-order valence-electron chi connectivity index (χ0n) is 13.4.